The van der Waals surface area contributed by atoms with Gasteiger partial charge in [0.2, 0.25) is 0 Å². The number of hydrogen-bond donors (Lipinski definition) is 1. The van der Waals surface area contributed by atoms with Crippen molar-refractivity contribution in [2.24, 2.45) is 0 Å². The molecule has 0 amide bonds. The maximum Gasteiger partial charge on any atom is 0.0343 e. The maximum atomic E-state index is 5.52. The number of benzene rings is 2. The van der Waals surface area contributed by atoms with E-state index in [-0.39, 0.29) is 0 Å². The number of para-hydroxylation sites is 1. The molecule has 0 spiro atoms. The molecule has 20 heavy (non-hydrogen) atoms. The predicted octanol–water partition coefficient (Wildman–Crippen LogP) is 5.24. The van der Waals surface area contributed by atoms with Crippen LogP contribution in [-0.4, -0.2) is 0 Å². The van der Waals surface area contributed by atoms with Gasteiger partial charge < -0.3 is 5.73 Å². The van der Waals surface area contributed by atoms with Gasteiger partial charge in [0.05, 0.1) is 0 Å². The maximum absolute atomic E-state index is 5.52. The fourth-order valence-corrected chi connectivity index (χ4v) is 1.63. The number of rotatable bonds is 2. The Morgan fingerprint density at radius 1 is 1.00 bits per heavy atom. The number of hydrogen-bond acceptors (Lipinski definition) is 1. The highest BCUT2D eigenvalue weighted by molar-refractivity contribution is 5.76. The summed E-state index contributed by atoms with van der Waals surface area (Å²) in [5.74, 6) is 0. The minimum absolute atomic E-state index is 0.868. The van der Waals surface area contributed by atoms with Crippen LogP contribution in [0.1, 0.15) is 25.0 Å². The second-order valence-electron chi connectivity index (χ2n) is 4.67. The third-order valence-electron chi connectivity index (χ3n) is 3.22. The molecule has 0 aliphatic rings. The van der Waals surface area contributed by atoms with Crippen LogP contribution in [0.25, 0.3) is 5.57 Å². The smallest absolute Gasteiger partial charge is 0.0343 e. The van der Waals surface area contributed by atoms with Crippen LogP contribution in [0.15, 0.2) is 72.8 Å². The van der Waals surface area contributed by atoms with Gasteiger partial charge in [0, 0.05) is 5.69 Å². The first-order valence-corrected chi connectivity index (χ1v) is 6.75. The van der Waals surface area contributed by atoms with Crippen molar-refractivity contribution in [2.45, 2.75) is 20.8 Å². The van der Waals surface area contributed by atoms with Crippen LogP contribution < -0.4 is 5.73 Å². The van der Waals surface area contributed by atoms with Crippen molar-refractivity contribution in [3.05, 3.63) is 84.0 Å². The lowest BCUT2D eigenvalue weighted by atomic mass is 10.0. The standard InChI is InChI=1S/C12H14.C7H9N/c1-4-10(2)11(3)12-8-6-5-7-9-12;1-6-4-2-3-5-7(6)8/h4-9H,3H2,1-2H3;2-5H,8H2,1H3/b10-4-;. The van der Waals surface area contributed by atoms with E-state index in [1.54, 1.807) is 0 Å². The second kappa shape index (κ2) is 8.00. The fraction of sp³-hybridized carbons (Fsp3) is 0.158. The van der Waals surface area contributed by atoms with E-state index in [1.165, 1.54) is 11.1 Å². The summed E-state index contributed by atoms with van der Waals surface area (Å²) in [7, 11) is 0. The Morgan fingerprint density at radius 2 is 1.55 bits per heavy atom. The molecule has 1 heteroatoms. The molecule has 0 aromatic heterocycles. The predicted molar refractivity (Wildman–Crippen MR) is 90.5 cm³/mol. The molecule has 0 heterocycles. The topological polar surface area (TPSA) is 26.0 Å². The summed E-state index contributed by atoms with van der Waals surface area (Å²) < 4.78 is 0. The quantitative estimate of drug-likeness (QED) is 0.583. The van der Waals surface area contributed by atoms with Gasteiger partial charge in [0.25, 0.3) is 0 Å². The minimum atomic E-state index is 0.868. The first-order chi connectivity index (χ1) is 9.56. The van der Waals surface area contributed by atoms with Crippen molar-refractivity contribution >= 4 is 11.3 Å². The van der Waals surface area contributed by atoms with Crippen LogP contribution in [0.2, 0.25) is 0 Å². The van der Waals surface area contributed by atoms with E-state index in [9.17, 15) is 0 Å². The Bertz CT molecular complexity index is 559. The number of nitrogens with two attached hydrogens (primary N) is 1. The van der Waals surface area contributed by atoms with E-state index in [2.05, 4.69) is 31.7 Å². The normalized spacial score (nSPS) is 10.4. The molecule has 0 aliphatic carbocycles. The average molecular weight is 265 g/mol. The molecule has 2 aromatic carbocycles. The molecule has 0 saturated carbocycles. The second-order valence-corrected chi connectivity index (χ2v) is 4.67. The van der Waals surface area contributed by atoms with Crippen molar-refractivity contribution in [3.8, 4) is 0 Å². The Hall–Kier alpha value is -2.28. The van der Waals surface area contributed by atoms with Gasteiger partial charge in [-0.3, -0.25) is 0 Å². The summed E-state index contributed by atoms with van der Waals surface area (Å²) in [6.07, 6.45) is 2.08. The van der Waals surface area contributed by atoms with E-state index < -0.39 is 0 Å². The van der Waals surface area contributed by atoms with Crippen molar-refractivity contribution in [1.82, 2.24) is 0 Å². The molecule has 104 valence electrons. The van der Waals surface area contributed by atoms with Crippen LogP contribution in [0, 0.1) is 6.92 Å². The lowest BCUT2D eigenvalue weighted by molar-refractivity contribution is 1.47. The zero-order chi connectivity index (χ0) is 15.0. The van der Waals surface area contributed by atoms with Crippen LogP contribution in [0.3, 0.4) is 0 Å². The van der Waals surface area contributed by atoms with Gasteiger partial charge in [0.1, 0.15) is 0 Å². The van der Waals surface area contributed by atoms with Crippen molar-refractivity contribution in [3.63, 3.8) is 0 Å². The average Bonchev–Trinajstić information content (AvgIpc) is 2.50. The van der Waals surface area contributed by atoms with Gasteiger partial charge in [-0.05, 0) is 49.1 Å². The number of allylic oxidation sites excluding steroid dienone is 3. The molecule has 0 bridgehead atoms. The summed E-state index contributed by atoms with van der Waals surface area (Å²) in [5.41, 5.74) is 11.1. The highest BCUT2D eigenvalue weighted by Gasteiger charge is 1.97. The van der Waals surface area contributed by atoms with Crippen molar-refractivity contribution < 1.29 is 0 Å². The van der Waals surface area contributed by atoms with Crippen molar-refractivity contribution in [2.75, 3.05) is 5.73 Å². The third kappa shape index (κ3) is 4.77. The van der Waals surface area contributed by atoms with Gasteiger partial charge in [-0.25, -0.2) is 0 Å². The molecule has 0 aliphatic heterocycles. The number of aryl methyl sites for hydroxylation is 1. The molecule has 1 nitrogen and oxygen atoms in total. The van der Waals surface area contributed by atoms with Crippen LogP contribution >= 0.6 is 0 Å². The molecule has 0 unspecified atom stereocenters. The Kier molecular flexibility index (Phi) is 6.31. The van der Waals surface area contributed by atoms with E-state index in [0.717, 1.165) is 16.8 Å². The van der Waals surface area contributed by atoms with Crippen LogP contribution in [-0.2, 0) is 0 Å². The molecular weight excluding hydrogens is 242 g/mol. The van der Waals surface area contributed by atoms with E-state index in [0.29, 0.717) is 0 Å². The third-order valence-corrected chi connectivity index (χ3v) is 3.22. The monoisotopic (exact) mass is 265 g/mol. The summed E-state index contributed by atoms with van der Waals surface area (Å²) in [4.78, 5) is 0. The number of nitrogen functional groups attached to an aromatic ring is 1. The fourth-order valence-electron chi connectivity index (χ4n) is 1.63. The van der Waals surface area contributed by atoms with Crippen LogP contribution in [0.4, 0.5) is 5.69 Å². The molecule has 2 rings (SSSR count). The summed E-state index contributed by atoms with van der Waals surface area (Å²) in [6.45, 7) is 10.1. The molecule has 2 aromatic rings. The summed E-state index contributed by atoms with van der Waals surface area (Å²) in [6, 6.07) is 18.0. The first kappa shape index (κ1) is 15.8. The van der Waals surface area contributed by atoms with Crippen LogP contribution in [0.5, 0.6) is 0 Å². The molecule has 2 N–H and O–H groups in total. The minimum Gasteiger partial charge on any atom is -0.399 e. The van der Waals surface area contributed by atoms with Crippen molar-refractivity contribution in [1.29, 1.82) is 0 Å². The number of anilines is 1. The Labute approximate surface area is 122 Å². The first-order valence-electron chi connectivity index (χ1n) is 6.75. The van der Waals surface area contributed by atoms with Gasteiger partial charge >= 0.3 is 0 Å². The highest BCUT2D eigenvalue weighted by Crippen LogP contribution is 2.19. The molecule has 0 saturated heterocycles. The molecule has 0 fully saturated rings. The van der Waals surface area contributed by atoms with E-state index >= 15 is 0 Å². The zero-order valence-electron chi connectivity index (χ0n) is 12.6. The highest BCUT2D eigenvalue weighted by atomic mass is 14.5. The lowest BCUT2D eigenvalue weighted by Crippen LogP contribution is -1.85. The summed E-state index contributed by atoms with van der Waals surface area (Å²) >= 11 is 0. The molecule has 0 atom stereocenters. The summed E-state index contributed by atoms with van der Waals surface area (Å²) in [5, 5.41) is 0. The lowest BCUT2D eigenvalue weighted by Gasteiger charge is -2.04. The van der Waals surface area contributed by atoms with E-state index in [4.69, 9.17) is 5.73 Å². The largest absolute Gasteiger partial charge is 0.399 e. The molecular formula is C19H23N. The van der Waals surface area contributed by atoms with Gasteiger partial charge in [-0.1, -0.05) is 61.2 Å². The SMILES string of the molecule is C=C(/C(C)=C\C)c1ccccc1.Cc1ccccc1N. The van der Waals surface area contributed by atoms with Gasteiger partial charge in [-0.2, -0.15) is 0 Å². The molecule has 0 radical (unpaired) electrons. The Morgan fingerprint density at radius 3 is 2.00 bits per heavy atom. The van der Waals surface area contributed by atoms with Gasteiger partial charge in [-0.15, -0.1) is 0 Å². The Balaban J connectivity index is 0.000000217. The van der Waals surface area contributed by atoms with Gasteiger partial charge in [0.15, 0.2) is 0 Å². The van der Waals surface area contributed by atoms with E-state index in [1.807, 2.05) is 56.3 Å². The zero-order valence-corrected chi connectivity index (χ0v) is 12.6.